The van der Waals surface area contributed by atoms with Crippen molar-refractivity contribution >= 4 is 5.71 Å². The van der Waals surface area contributed by atoms with Gasteiger partial charge in [-0.05, 0) is 25.5 Å². The summed E-state index contributed by atoms with van der Waals surface area (Å²) in [6, 6.07) is 7.22. The highest BCUT2D eigenvalue weighted by Gasteiger charge is 2.01. The molecule has 1 rings (SSSR count). The van der Waals surface area contributed by atoms with Gasteiger partial charge in [-0.1, -0.05) is 18.2 Å². The molecule has 0 atom stereocenters. The van der Waals surface area contributed by atoms with Crippen LogP contribution in [0, 0.1) is 0 Å². The number of phenols is 1. The van der Waals surface area contributed by atoms with Gasteiger partial charge in [0.2, 0.25) is 0 Å². The van der Waals surface area contributed by atoms with E-state index in [0.717, 1.165) is 24.2 Å². The molecule has 74 valence electrons. The molecule has 0 saturated heterocycles. The number of nitrogens with zero attached hydrogens (tertiary/aromatic N) is 1. The maximum absolute atomic E-state index is 9.54. The first kappa shape index (κ1) is 10.5. The molecule has 0 fully saturated rings. The minimum Gasteiger partial charge on any atom is -0.507 e. The molecule has 2 heteroatoms. The highest BCUT2D eigenvalue weighted by atomic mass is 16.3. The highest BCUT2D eigenvalue weighted by molar-refractivity contribution is 6.00. The first-order valence-corrected chi connectivity index (χ1v) is 4.66. The summed E-state index contributed by atoms with van der Waals surface area (Å²) in [5, 5.41) is 9.54. The SMILES string of the molecule is C=CCCN=C(C)c1ccccc1O. The normalized spacial score (nSPS) is 11.4. The molecule has 0 aliphatic rings. The maximum Gasteiger partial charge on any atom is 0.124 e. The molecule has 0 aliphatic heterocycles. The summed E-state index contributed by atoms with van der Waals surface area (Å²) in [4.78, 5) is 4.33. The molecular formula is C12H15NO. The van der Waals surface area contributed by atoms with E-state index in [2.05, 4.69) is 11.6 Å². The first-order valence-electron chi connectivity index (χ1n) is 4.66. The molecule has 0 spiro atoms. The van der Waals surface area contributed by atoms with Crippen LogP contribution in [0.25, 0.3) is 0 Å². The van der Waals surface area contributed by atoms with Crippen molar-refractivity contribution in [3.63, 3.8) is 0 Å². The number of benzene rings is 1. The van der Waals surface area contributed by atoms with E-state index in [1.54, 1.807) is 12.1 Å². The number of rotatable bonds is 4. The summed E-state index contributed by atoms with van der Waals surface area (Å²) in [5.74, 6) is 0.285. The molecule has 2 nitrogen and oxygen atoms in total. The predicted octanol–water partition coefficient (Wildman–Crippen LogP) is 2.78. The predicted molar refractivity (Wildman–Crippen MR) is 60.0 cm³/mol. The maximum atomic E-state index is 9.54. The summed E-state index contributed by atoms with van der Waals surface area (Å²) >= 11 is 0. The molecule has 0 radical (unpaired) electrons. The Bertz CT molecular complexity index is 342. The van der Waals surface area contributed by atoms with Crippen LogP contribution < -0.4 is 0 Å². The van der Waals surface area contributed by atoms with Gasteiger partial charge in [-0.3, -0.25) is 4.99 Å². The molecule has 1 aromatic rings. The molecule has 1 N–H and O–H groups in total. The van der Waals surface area contributed by atoms with Crippen LogP contribution in [0.3, 0.4) is 0 Å². The Labute approximate surface area is 84.6 Å². The zero-order valence-electron chi connectivity index (χ0n) is 8.40. The Morgan fingerprint density at radius 3 is 2.86 bits per heavy atom. The zero-order chi connectivity index (χ0) is 10.4. The van der Waals surface area contributed by atoms with Gasteiger partial charge in [0.25, 0.3) is 0 Å². The third-order valence-electron chi connectivity index (χ3n) is 1.98. The fourth-order valence-electron chi connectivity index (χ4n) is 1.19. The van der Waals surface area contributed by atoms with Crippen LogP contribution in [0.4, 0.5) is 0 Å². The second-order valence-corrected chi connectivity index (χ2v) is 3.06. The Balaban J connectivity index is 2.78. The molecule has 0 amide bonds. The van der Waals surface area contributed by atoms with Crippen molar-refractivity contribution < 1.29 is 5.11 Å². The minimum atomic E-state index is 0.285. The van der Waals surface area contributed by atoms with Crippen molar-refractivity contribution in [2.75, 3.05) is 6.54 Å². The lowest BCUT2D eigenvalue weighted by Gasteiger charge is -2.02. The van der Waals surface area contributed by atoms with Crippen molar-refractivity contribution in [3.8, 4) is 5.75 Å². The Morgan fingerprint density at radius 1 is 1.50 bits per heavy atom. The standard InChI is InChI=1S/C12H15NO/c1-3-4-9-13-10(2)11-7-5-6-8-12(11)14/h3,5-8,14H,1,4,9H2,2H3. The topological polar surface area (TPSA) is 32.6 Å². The van der Waals surface area contributed by atoms with Gasteiger partial charge in [-0.15, -0.1) is 6.58 Å². The van der Waals surface area contributed by atoms with E-state index in [0.29, 0.717) is 0 Å². The average molecular weight is 189 g/mol. The summed E-state index contributed by atoms with van der Waals surface area (Å²) in [7, 11) is 0. The molecule has 1 aromatic carbocycles. The lowest BCUT2D eigenvalue weighted by molar-refractivity contribution is 0.474. The van der Waals surface area contributed by atoms with Gasteiger partial charge in [0.05, 0.1) is 0 Å². The van der Waals surface area contributed by atoms with Crippen molar-refractivity contribution in [1.82, 2.24) is 0 Å². The van der Waals surface area contributed by atoms with Crippen LogP contribution in [0.5, 0.6) is 5.75 Å². The number of aromatic hydroxyl groups is 1. The first-order chi connectivity index (χ1) is 6.75. The number of para-hydroxylation sites is 1. The van der Waals surface area contributed by atoms with Crippen molar-refractivity contribution in [2.45, 2.75) is 13.3 Å². The Kier molecular flexibility index (Phi) is 3.92. The van der Waals surface area contributed by atoms with Crippen LogP contribution in [0.1, 0.15) is 18.9 Å². The van der Waals surface area contributed by atoms with Gasteiger partial charge in [0.1, 0.15) is 5.75 Å². The third kappa shape index (κ3) is 2.73. The summed E-state index contributed by atoms with van der Waals surface area (Å²) in [6.07, 6.45) is 2.70. The molecule has 14 heavy (non-hydrogen) atoms. The number of phenolic OH excluding ortho intramolecular Hbond substituents is 1. The lowest BCUT2D eigenvalue weighted by atomic mass is 10.1. The molecule has 0 unspecified atom stereocenters. The summed E-state index contributed by atoms with van der Waals surface area (Å²) < 4.78 is 0. The third-order valence-corrected chi connectivity index (χ3v) is 1.98. The van der Waals surface area contributed by atoms with Crippen LogP contribution in [-0.4, -0.2) is 17.4 Å². The van der Waals surface area contributed by atoms with Gasteiger partial charge in [-0.25, -0.2) is 0 Å². The van der Waals surface area contributed by atoms with E-state index in [1.165, 1.54) is 0 Å². The van der Waals surface area contributed by atoms with Crippen molar-refractivity contribution in [3.05, 3.63) is 42.5 Å². The summed E-state index contributed by atoms with van der Waals surface area (Å²) in [6.45, 7) is 6.26. The van der Waals surface area contributed by atoms with Gasteiger partial charge in [0, 0.05) is 17.8 Å². The minimum absolute atomic E-state index is 0.285. The fourth-order valence-corrected chi connectivity index (χ4v) is 1.19. The van der Waals surface area contributed by atoms with Gasteiger partial charge in [0.15, 0.2) is 0 Å². The molecule has 0 saturated carbocycles. The lowest BCUT2D eigenvalue weighted by Crippen LogP contribution is -1.96. The van der Waals surface area contributed by atoms with E-state index < -0.39 is 0 Å². The van der Waals surface area contributed by atoms with Crippen LogP contribution in [0.15, 0.2) is 41.9 Å². The number of aliphatic imine (C=N–C) groups is 1. The molecule has 0 aromatic heterocycles. The van der Waals surface area contributed by atoms with Crippen molar-refractivity contribution in [2.24, 2.45) is 4.99 Å². The Morgan fingerprint density at radius 2 is 2.21 bits per heavy atom. The van der Waals surface area contributed by atoms with E-state index in [9.17, 15) is 5.11 Å². The van der Waals surface area contributed by atoms with E-state index in [-0.39, 0.29) is 5.75 Å². The molecule has 0 heterocycles. The second kappa shape index (κ2) is 5.22. The second-order valence-electron chi connectivity index (χ2n) is 3.06. The monoisotopic (exact) mass is 189 g/mol. The number of hydrogen-bond acceptors (Lipinski definition) is 2. The van der Waals surface area contributed by atoms with Crippen LogP contribution in [-0.2, 0) is 0 Å². The quantitative estimate of drug-likeness (QED) is 0.441. The van der Waals surface area contributed by atoms with E-state index in [4.69, 9.17) is 0 Å². The smallest absolute Gasteiger partial charge is 0.124 e. The van der Waals surface area contributed by atoms with Gasteiger partial charge >= 0.3 is 0 Å². The molecular weight excluding hydrogens is 174 g/mol. The Hall–Kier alpha value is -1.57. The molecule has 0 bridgehead atoms. The van der Waals surface area contributed by atoms with Crippen LogP contribution >= 0.6 is 0 Å². The largest absolute Gasteiger partial charge is 0.507 e. The van der Waals surface area contributed by atoms with Crippen LogP contribution in [0.2, 0.25) is 0 Å². The zero-order valence-corrected chi connectivity index (χ0v) is 8.40. The van der Waals surface area contributed by atoms with E-state index in [1.807, 2.05) is 25.1 Å². The van der Waals surface area contributed by atoms with Crippen molar-refractivity contribution in [1.29, 1.82) is 0 Å². The average Bonchev–Trinajstić information content (AvgIpc) is 2.18. The van der Waals surface area contributed by atoms with Gasteiger partial charge in [-0.2, -0.15) is 0 Å². The summed E-state index contributed by atoms with van der Waals surface area (Å²) in [5.41, 5.74) is 1.67. The highest BCUT2D eigenvalue weighted by Crippen LogP contribution is 2.16. The fraction of sp³-hybridized carbons (Fsp3) is 0.250. The van der Waals surface area contributed by atoms with Gasteiger partial charge < -0.3 is 5.11 Å². The number of hydrogen-bond donors (Lipinski definition) is 1. The van der Waals surface area contributed by atoms with E-state index >= 15 is 0 Å². The molecule has 0 aliphatic carbocycles.